The number of hydrogen-bond acceptors (Lipinski definition) is 3. The van der Waals surface area contributed by atoms with Gasteiger partial charge in [-0.25, -0.2) is 14.1 Å². The first-order valence-corrected chi connectivity index (χ1v) is 6.14. The molecule has 3 aromatic rings. The summed E-state index contributed by atoms with van der Waals surface area (Å²) in [6.45, 7) is -0.0529. The molecule has 0 aliphatic heterocycles. The quantitative estimate of drug-likeness (QED) is 0.795. The van der Waals surface area contributed by atoms with Gasteiger partial charge >= 0.3 is 0 Å². The van der Waals surface area contributed by atoms with Crippen LogP contribution in [-0.4, -0.2) is 19.9 Å². The molecule has 5 heteroatoms. The van der Waals surface area contributed by atoms with Crippen molar-refractivity contribution in [1.29, 1.82) is 0 Å². The zero-order chi connectivity index (χ0) is 13.9. The molecule has 0 aliphatic rings. The van der Waals surface area contributed by atoms with E-state index in [4.69, 9.17) is 0 Å². The van der Waals surface area contributed by atoms with Gasteiger partial charge in [-0.2, -0.15) is 5.10 Å². The van der Waals surface area contributed by atoms with E-state index in [1.165, 1.54) is 12.1 Å². The fraction of sp³-hybridized carbons (Fsp3) is 0.0667. The van der Waals surface area contributed by atoms with Gasteiger partial charge in [-0.1, -0.05) is 0 Å². The molecule has 2 heterocycles. The van der Waals surface area contributed by atoms with Crippen LogP contribution in [0.4, 0.5) is 4.39 Å². The zero-order valence-electron chi connectivity index (χ0n) is 10.6. The Morgan fingerprint density at radius 3 is 2.60 bits per heavy atom. The predicted molar refractivity (Wildman–Crippen MR) is 72.7 cm³/mol. The van der Waals surface area contributed by atoms with Crippen molar-refractivity contribution in [3.63, 3.8) is 0 Å². The number of aliphatic hydroxyl groups is 1. The van der Waals surface area contributed by atoms with Crippen LogP contribution in [0.15, 0.2) is 54.9 Å². The smallest absolute Gasteiger partial charge is 0.154 e. The lowest BCUT2D eigenvalue weighted by Gasteiger charge is -2.07. The minimum absolute atomic E-state index is 0.0529. The van der Waals surface area contributed by atoms with Gasteiger partial charge in [-0.05, 0) is 48.0 Å². The third-order valence-corrected chi connectivity index (χ3v) is 2.99. The maximum Gasteiger partial charge on any atom is 0.154 e. The number of nitrogens with zero attached hydrogens (tertiary/aromatic N) is 3. The average Bonchev–Trinajstić information content (AvgIpc) is 2.97. The molecule has 0 fully saturated rings. The van der Waals surface area contributed by atoms with Crippen molar-refractivity contribution in [2.75, 3.05) is 0 Å². The summed E-state index contributed by atoms with van der Waals surface area (Å²) in [6.07, 6.45) is 3.28. The molecule has 100 valence electrons. The van der Waals surface area contributed by atoms with E-state index in [9.17, 15) is 9.50 Å². The lowest BCUT2D eigenvalue weighted by atomic mass is 10.1. The van der Waals surface area contributed by atoms with Crippen molar-refractivity contribution in [3.8, 4) is 17.1 Å². The Morgan fingerprint density at radius 2 is 1.85 bits per heavy atom. The van der Waals surface area contributed by atoms with E-state index in [0.717, 1.165) is 16.8 Å². The number of halogens is 1. The highest BCUT2D eigenvalue weighted by atomic mass is 19.1. The first-order valence-electron chi connectivity index (χ1n) is 6.14. The maximum absolute atomic E-state index is 13.0. The van der Waals surface area contributed by atoms with Gasteiger partial charge in [-0.15, -0.1) is 0 Å². The lowest BCUT2D eigenvalue weighted by molar-refractivity contribution is 0.281. The van der Waals surface area contributed by atoms with Gasteiger partial charge in [0.2, 0.25) is 0 Å². The van der Waals surface area contributed by atoms with Crippen molar-refractivity contribution < 1.29 is 9.50 Å². The summed E-state index contributed by atoms with van der Waals surface area (Å²) < 4.78 is 14.6. The van der Waals surface area contributed by atoms with Crippen molar-refractivity contribution in [2.24, 2.45) is 0 Å². The summed E-state index contributed by atoms with van der Waals surface area (Å²) in [4.78, 5) is 4.25. The standard InChI is InChI=1S/C15H12FN3O/c16-13-3-1-12(2-4-13)14-6-8-18-19(14)15-9-11(10-20)5-7-17-15/h1-9,20H,10H2. The molecule has 0 amide bonds. The second kappa shape index (κ2) is 5.22. The van der Waals surface area contributed by atoms with E-state index in [-0.39, 0.29) is 12.4 Å². The molecule has 1 N–H and O–H groups in total. The Hall–Kier alpha value is -2.53. The number of aromatic nitrogens is 3. The summed E-state index contributed by atoms with van der Waals surface area (Å²) in [6, 6.07) is 11.5. The molecule has 0 saturated heterocycles. The van der Waals surface area contributed by atoms with Gasteiger partial charge in [0.05, 0.1) is 18.5 Å². The first kappa shape index (κ1) is 12.5. The van der Waals surface area contributed by atoms with Crippen LogP contribution in [0.2, 0.25) is 0 Å². The first-order chi connectivity index (χ1) is 9.78. The minimum Gasteiger partial charge on any atom is -0.392 e. The number of rotatable bonds is 3. The van der Waals surface area contributed by atoms with Crippen LogP contribution in [0.5, 0.6) is 0 Å². The highest BCUT2D eigenvalue weighted by molar-refractivity contribution is 5.61. The maximum atomic E-state index is 13.0. The van der Waals surface area contributed by atoms with Crippen LogP contribution >= 0.6 is 0 Å². The molecule has 0 spiro atoms. The summed E-state index contributed by atoms with van der Waals surface area (Å²) in [5, 5.41) is 13.4. The van der Waals surface area contributed by atoms with E-state index < -0.39 is 0 Å². The summed E-state index contributed by atoms with van der Waals surface area (Å²) in [5.41, 5.74) is 2.42. The zero-order valence-corrected chi connectivity index (χ0v) is 10.6. The molecular weight excluding hydrogens is 257 g/mol. The third-order valence-electron chi connectivity index (χ3n) is 2.99. The van der Waals surface area contributed by atoms with Crippen molar-refractivity contribution in [3.05, 3.63) is 66.2 Å². The van der Waals surface area contributed by atoms with Gasteiger partial charge in [-0.3, -0.25) is 0 Å². The Balaban J connectivity index is 2.07. The van der Waals surface area contributed by atoms with Gasteiger partial charge in [0, 0.05) is 11.8 Å². The number of hydrogen-bond donors (Lipinski definition) is 1. The Bertz CT molecular complexity index is 722. The fourth-order valence-electron chi connectivity index (χ4n) is 2.00. The van der Waals surface area contributed by atoms with Crippen LogP contribution in [0, 0.1) is 5.82 Å². The molecule has 1 aromatic carbocycles. The molecule has 0 aliphatic carbocycles. The van der Waals surface area contributed by atoms with E-state index >= 15 is 0 Å². The van der Waals surface area contributed by atoms with Crippen molar-refractivity contribution in [1.82, 2.24) is 14.8 Å². The monoisotopic (exact) mass is 269 g/mol. The Labute approximate surface area is 115 Å². The normalized spacial score (nSPS) is 10.7. The average molecular weight is 269 g/mol. The minimum atomic E-state index is -0.278. The van der Waals surface area contributed by atoms with Gasteiger partial charge in [0.1, 0.15) is 5.82 Å². The van der Waals surface area contributed by atoms with E-state index in [1.807, 2.05) is 6.07 Å². The highest BCUT2D eigenvalue weighted by Gasteiger charge is 2.09. The Kier molecular flexibility index (Phi) is 3.26. The largest absolute Gasteiger partial charge is 0.392 e. The molecule has 3 rings (SSSR count). The molecule has 0 radical (unpaired) electrons. The molecule has 0 unspecified atom stereocenters. The molecule has 0 saturated carbocycles. The van der Waals surface area contributed by atoms with Crippen molar-refractivity contribution >= 4 is 0 Å². The van der Waals surface area contributed by atoms with Gasteiger partial charge < -0.3 is 5.11 Å². The summed E-state index contributed by atoms with van der Waals surface area (Å²) in [5.74, 6) is 0.334. The van der Waals surface area contributed by atoms with Crippen LogP contribution < -0.4 is 0 Å². The molecule has 2 aromatic heterocycles. The van der Waals surface area contributed by atoms with Gasteiger partial charge in [0.25, 0.3) is 0 Å². The third kappa shape index (κ3) is 2.31. The summed E-state index contributed by atoms with van der Waals surface area (Å²) >= 11 is 0. The Morgan fingerprint density at radius 1 is 1.05 bits per heavy atom. The summed E-state index contributed by atoms with van der Waals surface area (Å²) in [7, 11) is 0. The van der Waals surface area contributed by atoms with Crippen molar-refractivity contribution in [2.45, 2.75) is 6.61 Å². The predicted octanol–water partition coefficient (Wildman–Crippen LogP) is 2.57. The van der Waals surface area contributed by atoms with E-state index in [1.54, 1.807) is 41.3 Å². The second-order valence-electron chi connectivity index (χ2n) is 4.32. The number of pyridine rings is 1. The molecule has 0 bridgehead atoms. The number of benzene rings is 1. The topological polar surface area (TPSA) is 50.9 Å². The van der Waals surface area contributed by atoms with Crippen LogP contribution in [0.25, 0.3) is 17.1 Å². The van der Waals surface area contributed by atoms with E-state index in [0.29, 0.717) is 5.82 Å². The molecule has 20 heavy (non-hydrogen) atoms. The highest BCUT2D eigenvalue weighted by Crippen LogP contribution is 2.22. The van der Waals surface area contributed by atoms with Crippen LogP contribution in [0.3, 0.4) is 0 Å². The van der Waals surface area contributed by atoms with Gasteiger partial charge in [0.15, 0.2) is 5.82 Å². The molecular formula is C15H12FN3O. The SMILES string of the molecule is OCc1ccnc(-n2nccc2-c2ccc(F)cc2)c1. The van der Waals surface area contributed by atoms with Crippen LogP contribution in [-0.2, 0) is 6.61 Å². The second-order valence-corrected chi connectivity index (χ2v) is 4.32. The fourth-order valence-corrected chi connectivity index (χ4v) is 2.00. The number of aliphatic hydroxyl groups excluding tert-OH is 1. The lowest BCUT2D eigenvalue weighted by Crippen LogP contribution is -2.02. The molecule has 4 nitrogen and oxygen atoms in total. The molecule has 0 atom stereocenters. The van der Waals surface area contributed by atoms with E-state index in [2.05, 4.69) is 10.1 Å². The van der Waals surface area contributed by atoms with Crippen LogP contribution in [0.1, 0.15) is 5.56 Å².